The Kier molecular flexibility index (Phi) is 6.96. The minimum absolute atomic E-state index is 0.203. The molecule has 0 bridgehead atoms. The van der Waals surface area contributed by atoms with Gasteiger partial charge in [0.25, 0.3) is 0 Å². The molecule has 0 saturated heterocycles. The van der Waals surface area contributed by atoms with Gasteiger partial charge in [-0.15, -0.1) is 11.6 Å². The molecule has 1 fully saturated rings. The number of hydrogen-bond donors (Lipinski definition) is 1. The minimum Gasteiger partial charge on any atom is -0.315 e. The molecule has 0 unspecified atom stereocenters. The third-order valence-corrected chi connectivity index (χ3v) is 6.23. The van der Waals surface area contributed by atoms with Crippen LogP contribution in [-0.4, -0.2) is 38.9 Å². The summed E-state index contributed by atoms with van der Waals surface area (Å²) >= 11 is 6.10. The van der Waals surface area contributed by atoms with Gasteiger partial charge in [0.1, 0.15) is 0 Å². The number of nitrogens with one attached hydrogen (secondary N) is 1. The Morgan fingerprint density at radius 2 is 1.83 bits per heavy atom. The fourth-order valence-electron chi connectivity index (χ4n) is 2.65. The summed E-state index contributed by atoms with van der Waals surface area (Å²) in [5, 5.41) is 3.30. The van der Waals surface area contributed by atoms with Gasteiger partial charge in [0, 0.05) is 24.7 Å². The molecule has 0 radical (unpaired) electrons. The summed E-state index contributed by atoms with van der Waals surface area (Å²) in [4.78, 5) is 0. The number of sulfone groups is 1. The maximum Gasteiger partial charge on any atom is 0.151 e. The lowest BCUT2D eigenvalue weighted by Gasteiger charge is -2.35. The second-order valence-electron chi connectivity index (χ2n) is 5.52. The molecule has 0 atom stereocenters. The Labute approximate surface area is 117 Å². The van der Waals surface area contributed by atoms with E-state index < -0.39 is 9.84 Å². The van der Waals surface area contributed by atoms with Gasteiger partial charge in [0.15, 0.2) is 9.84 Å². The molecule has 0 aromatic rings. The predicted molar refractivity (Wildman–Crippen MR) is 78.1 cm³/mol. The van der Waals surface area contributed by atoms with E-state index >= 15 is 0 Å². The molecular weight excluding hydrogens is 270 g/mol. The van der Waals surface area contributed by atoms with Gasteiger partial charge in [0.2, 0.25) is 0 Å². The van der Waals surface area contributed by atoms with Crippen LogP contribution in [0, 0.1) is 5.41 Å². The van der Waals surface area contributed by atoms with Crippen molar-refractivity contribution in [3.8, 4) is 0 Å². The first-order valence-corrected chi connectivity index (χ1v) is 9.36. The van der Waals surface area contributed by atoms with Crippen LogP contribution in [0.5, 0.6) is 0 Å². The monoisotopic (exact) mass is 295 g/mol. The van der Waals surface area contributed by atoms with Crippen molar-refractivity contribution in [3.05, 3.63) is 0 Å². The van der Waals surface area contributed by atoms with Crippen molar-refractivity contribution in [1.82, 2.24) is 5.32 Å². The largest absolute Gasteiger partial charge is 0.315 e. The molecule has 1 aliphatic carbocycles. The summed E-state index contributed by atoms with van der Waals surface area (Å²) in [6.07, 6.45) is 6.86. The fourth-order valence-corrected chi connectivity index (χ4v) is 4.30. The molecule has 1 N–H and O–H groups in total. The molecule has 3 nitrogen and oxygen atoms in total. The molecule has 0 aromatic heterocycles. The van der Waals surface area contributed by atoms with E-state index in [1.807, 2.05) is 6.92 Å². The van der Waals surface area contributed by atoms with Gasteiger partial charge in [-0.2, -0.15) is 0 Å². The van der Waals surface area contributed by atoms with Gasteiger partial charge in [-0.3, -0.25) is 0 Å². The molecule has 108 valence electrons. The number of alkyl halides is 1. The van der Waals surface area contributed by atoms with Crippen molar-refractivity contribution in [1.29, 1.82) is 0 Å². The van der Waals surface area contributed by atoms with Crippen molar-refractivity contribution in [2.45, 2.75) is 45.4 Å². The smallest absolute Gasteiger partial charge is 0.151 e. The Morgan fingerprint density at radius 3 is 2.39 bits per heavy atom. The predicted octanol–water partition coefficient (Wildman–Crippen LogP) is 2.59. The molecule has 5 heteroatoms. The molecule has 0 aromatic carbocycles. The van der Waals surface area contributed by atoms with Crippen LogP contribution in [-0.2, 0) is 9.84 Å². The zero-order valence-electron chi connectivity index (χ0n) is 11.4. The maximum atomic E-state index is 11.6. The molecule has 0 spiro atoms. The fraction of sp³-hybridized carbons (Fsp3) is 1.00. The highest BCUT2D eigenvalue weighted by molar-refractivity contribution is 7.91. The van der Waals surface area contributed by atoms with E-state index in [-0.39, 0.29) is 11.2 Å². The van der Waals surface area contributed by atoms with Crippen LogP contribution in [0.25, 0.3) is 0 Å². The van der Waals surface area contributed by atoms with Gasteiger partial charge < -0.3 is 5.32 Å². The highest BCUT2D eigenvalue weighted by Gasteiger charge is 2.30. The van der Waals surface area contributed by atoms with Crippen LogP contribution < -0.4 is 5.32 Å². The van der Waals surface area contributed by atoms with Crippen molar-refractivity contribution >= 4 is 21.4 Å². The molecular formula is C13H26ClNO2S. The molecule has 18 heavy (non-hydrogen) atoms. The van der Waals surface area contributed by atoms with Crippen LogP contribution in [0.15, 0.2) is 0 Å². The SMILES string of the molecule is CCCS(=O)(=O)CCNCC1(CCl)CCCCC1. The first-order valence-electron chi connectivity index (χ1n) is 7.01. The Hall–Kier alpha value is 0.200. The first-order chi connectivity index (χ1) is 8.54. The summed E-state index contributed by atoms with van der Waals surface area (Å²) < 4.78 is 23.1. The second-order valence-corrected chi connectivity index (χ2v) is 8.09. The summed E-state index contributed by atoms with van der Waals surface area (Å²) in [7, 11) is -2.86. The van der Waals surface area contributed by atoms with Crippen molar-refractivity contribution in [3.63, 3.8) is 0 Å². The molecule has 0 amide bonds. The zero-order chi connectivity index (χ0) is 13.5. The van der Waals surface area contributed by atoms with E-state index in [1.54, 1.807) is 0 Å². The lowest BCUT2D eigenvalue weighted by atomic mass is 9.75. The molecule has 0 heterocycles. The normalized spacial score (nSPS) is 19.9. The average molecular weight is 296 g/mol. The van der Waals surface area contributed by atoms with Crippen LogP contribution in [0.4, 0.5) is 0 Å². The van der Waals surface area contributed by atoms with Gasteiger partial charge >= 0.3 is 0 Å². The van der Waals surface area contributed by atoms with Crippen LogP contribution in [0.3, 0.4) is 0 Å². The highest BCUT2D eigenvalue weighted by atomic mass is 35.5. The maximum absolute atomic E-state index is 11.6. The van der Waals surface area contributed by atoms with Crippen molar-refractivity contribution in [2.75, 3.05) is 30.5 Å². The first kappa shape index (κ1) is 16.3. The topological polar surface area (TPSA) is 46.2 Å². The molecule has 1 rings (SSSR count). The summed E-state index contributed by atoms with van der Waals surface area (Å²) in [5.41, 5.74) is 0.203. The standard InChI is InChI=1S/C13H26ClNO2S/c1-2-9-18(16,17)10-8-15-12-13(11-14)6-4-3-5-7-13/h15H,2-12H2,1H3. The van der Waals surface area contributed by atoms with Gasteiger partial charge in [-0.05, 0) is 24.7 Å². The van der Waals surface area contributed by atoms with E-state index in [0.29, 0.717) is 24.6 Å². The van der Waals surface area contributed by atoms with Crippen molar-refractivity contribution in [2.24, 2.45) is 5.41 Å². The van der Waals surface area contributed by atoms with Crippen LogP contribution in [0.1, 0.15) is 45.4 Å². The van der Waals surface area contributed by atoms with E-state index in [9.17, 15) is 8.42 Å². The second kappa shape index (κ2) is 7.71. The third kappa shape index (κ3) is 5.45. The highest BCUT2D eigenvalue weighted by Crippen LogP contribution is 2.36. The molecule has 1 aliphatic rings. The third-order valence-electron chi connectivity index (χ3n) is 3.80. The molecule has 0 aliphatic heterocycles. The van der Waals surface area contributed by atoms with E-state index in [2.05, 4.69) is 5.32 Å². The Balaban J connectivity index is 2.27. The van der Waals surface area contributed by atoms with E-state index in [4.69, 9.17) is 11.6 Å². The van der Waals surface area contributed by atoms with Crippen LogP contribution in [0.2, 0.25) is 0 Å². The van der Waals surface area contributed by atoms with Crippen LogP contribution >= 0.6 is 11.6 Å². The number of hydrogen-bond acceptors (Lipinski definition) is 3. The quantitative estimate of drug-likeness (QED) is 0.553. The minimum atomic E-state index is -2.86. The average Bonchev–Trinajstić information content (AvgIpc) is 2.36. The Bertz CT molecular complexity index is 324. The lowest BCUT2D eigenvalue weighted by molar-refractivity contribution is 0.214. The summed E-state index contributed by atoms with van der Waals surface area (Å²) in [6.45, 7) is 3.31. The van der Waals surface area contributed by atoms with E-state index in [0.717, 1.165) is 6.54 Å². The van der Waals surface area contributed by atoms with Gasteiger partial charge in [-0.25, -0.2) is 8.42 Å². The zero-order valence-corrected chi connectivity index (χ0v) is 13.0. The molecule has 1 saturated carbocycles. The number of rotatable bonds is 8. The Morgan fingerprint density at radius 1 is 1.17 bits per heavy atom. The summed E-state index contributed by atoms with van der Waals surface area (Å²) in [5.74, 6) is 1.23. The van der Waals surface area contributed by atoms with Gasteiger partial charge in [0.05, 0.1) is 5.75 Å². The van der Waals surface area contributed by atoms with E-state index in [1.165, 1.54) is 32.1 Å². The summed E-state index contributed by atoms with van der Waals surface area (Å²) in [6, 6.07) is 0. The van der Waals surface area contributed by atoms with Gasteiger partial charge in [-0.1, -0.05) is 26.2 Å². The lowest BCUT2D eigenvalue weighted by Crippen LogP contribution is -2.39. The van der Waals surface area contributed by atoms with Crippen molar-refractivity contribution < 1.29 is 8.42 Å². The number of halogens is 1.